The van der Waals surface area contributed by atoms with Gasteiger partial charge in [-0.2, -0.15) is 0 Å². The van der Waals surface area contributed by atoms with E-state index in [2.05, 4.69) is 0 Å². The van der Waals surface area contributed by atoms with E-state index in [-0.39, 0.29) is 23.1 Å². The standard InChI is InChI=1S/C18H22O4/c1-5-15(19)11(3)17(21)13-8-7-9-14(10-13)18(22)12(4)16(20)6-2/h7-12H,5-6H2,1-4H3. The first kappa shape index (κ1) is 18.0. The van der Waals surface area contributed by atoms with Crippen LogP contribution in [-0.4, -0.2) is 23.1 Å². The Labute approximate surface area is 130 Å². The summed E-state index contributed by atoms with van der Waals surface area (Å²) < 4.78 is 0. The number of ketones is 4. The van der Waals surface area contributed by atoms with Crippen LogP contribution in [0.1, 0.15) is 61.3 Å². The van der Waals surface area contributed by atoms with Crippen LogP contribution in [0.25, 0.3) is 0 Å². The zero-order valence-corrected chi connectivity index (χ0v) is 13.5. The zero-order valence-electron chi connectivity index (χ0n) is 13.5. The lowest BCUT2D eigenvalue weighted by Gasteiger charge is -2.11. The molecule has 1 aromatic rings. The van der Waals surface area contributed by atoms with Gasteiger partial charge in [-0.3, -0.25) is 19.2 Å². The van der Waals surface area contributed by atoms with Crippen LogP contribution < -0.4 is 0 Å². The van der Waals surface area contributed by atoms with Crippen LogP contribution in [0.4, 0.5) is 0 Å². The van der Waals surface area contributed by atoms with E-state index in [1.54, 1.807) is 45.9 Å². The van der Waals surface area contributed by atoms with Gasteiger partial charge in [0.2, 0.25) is 0 Å². The van der Waals surface area contributed by atoms with Gasteiger partial charge in [0.15, 0.2) is 11.6 Å². The third-order valence-corrected chi connectivity index (χ3v) is 3.88. The lowest BCUT2D eigenvalue weighted by Crippen LogP contribution is -2.22. The highest BCUT2D eigenvalue weighted by molar-refractivity contribution is 6.13. The van der Waals surface area contributed by atoms with Crippen molar-refractivity contribution < 1.29 is 19.2 Å². The summed E-state index contributed by atoms with van der Waals surface area (Å²) in [5.41, 5.74) is 0.660. The molecule has 118 valence electrons. The van der Waals surface area contributed by atoms with E-state index in [0.29, 0.717) is 24.0 Å². The molecule has 0 spiro atoms. The molecule has 0 bridgehead atoms. The molecule has 0 saturated carbocycles. The highest BCUT2D eigenvalue weighted by Crippen LogP contribution is 2.16. The molecule has 1 aromatic carbocycles. The maximum Gasteiger partial charge on any atom is 0.173 e. The number of rotatable bonds is 8. The number of Topliss-reactive ketones (excluding diaryl/α,β-unsaturated/α-hetero) is 4. The monoisotopic (exact) mass is 302 g/mol. The van der Waals surface area contributed by atoms with Crippen molar-refractivity contribution in [3.8, 4) is 0 Å². The van der Waals surface area contributed by atoms with Crippen molar-refractivity contribution in [2.75, 3.05) is 0 Å². The van der Waals surface area contributed by atoms with E-state index in [9.17, 15) is 19.2 Å². The first-order valence-electron chi connectivity index (χ1n) is 7.57. The van der Waals surface area contributed by atoms with Crippen molar-refractivity contribution >= 4 is 23.1 Å². The average molecular weight is 302 g/mol. The highest BCUT2D eigenvalue weighted by atomic mass is 16.2. The average Bonchev–Trinajstić information content (AvgIpc) is 2.57. The van der Waals surface area contributed by atoms with Crippen LogP contribution >= 0.6 is 0 Å². The number of carbonyl (C=O) groups excluding carboxylic acids is 4. The molecule has 0 aliphatic rings. The van der Waals surface area contributed by atoms with Crippen molar-refractivity contribution in [2.24, 2.45) is 11.8 Å². The molecule has 4 heteroatoms. The Hall–Kier alpha value is -2.10. The maximum atomic E-state index is 12.3. The third kappa shape index (κ3) is 3.97. The fraction of sp³-hybridized carbons (Fsp3) is 0.444. The third-order valence-electron chi connectivity index (χ3n) is 3.88. The van der Waals surface area contributed by atoms with Gasteiger partial charge in [-0.1, -0.05) is 32.0 Å². The predicted octanol–water partition coefficient (Wildman–Crippen LogP) is 3.28. The SMILES string of the molecule is CCC(=O)C(C)C(=O)c1cccc(C(=O)C(C)C(=O)CC)c1. The molecule has 0 heterocycles. The van der Waals surface area contributed by atoms with Crippen molar-refractivity contribution in [1.29, 1.82) is 0 Å². The molecule has 2 unspecified atom stereocenters. The van der Waals surface area contributed by atoms with Gasteiger partial charge < -0.3 is 0 Å². The Morgan fingerprint density at radius 2 is 1.18 bits per heavy atom. The Bertz CT molecular complexity index is 552. The molecule has 0 aliphatic heterocycles. The maximum absolute atomic E-state index is 12.3. The Morgan fingerprint density at radius 3 is 1.50 bits per heavy atom. The molecular weight excluding hydrogens is 280 g/mol. The number of carbonyl (C=O) groups is 4. The topological polar surface area (TPSA) is 68.3 Å². The predicted molar refractivity (Wildman–Crippen MR) is 84.0 cm³/mol. The van der Waals surface area contributed by atoms with Crippen LogP contribution in [0.3, 0.4) is 0 Å². The summed E-state index contributed by atoms with van der Waals surface area (Å²) in [7, 11) is 0. The Morgan fingerprint density at radius 1 is 0.818 bits per heavy atom. The normalized spacial score (nSPS) is 13.3. The summed E-state index contributed by atoms with van der Waals surface area (Å²) in [5, 5.41) is 0. The van der Waals surface area contributed by atoms with Crippen molar-refractivity contribution in [3.05, 3.63) is 35.4 Å². The van der Waals surface area contributed by atoms with E-state index in [4.69, 9.17) is 0 Å². The van der Waals surface area contributed by atoms with Crippen molar-refractivity contribution in [1.82, 2.24) is 0 Å². The van der Waals surface area contributed by atoms with Gasteiger partial charge in [0.1, 0.15) is 11.6 Å². The van der Waals surface area contributed by atoms with E-state index >= 15 is 0 Å². The Kier molecular flexibility index (Phi) is 6.35. The van der Waals surface area contributed by atoms with Gasteiger partial charge in [0, 0.05) is 24.0 Å². The lowest BCUT2D eigenvalue weighted by molar-refractivity contribution is -0.121. The second-order valence-electron chi connectivity index (χ2n) is 5.39. The second kappa shape index (κ2) is 7.78. The van der Waals surface area contributed by atoms with Crippen LogP contribution in [0.5, 0.6) is 0 Å². The number of hydrogen-bond donors (Lipinski definition) is 0. The van der Waals surface area contributed by atoms with Gasteiger partial charge in [-0.25, -0.2) is 0 Å². The fourth-order valence-electron chi connectivity index (χ4n) is 2.23. The van der Waals surface area contributed by atoms with Gasteiger partial charge in [0.05, 0.1) is 11.8 Å². The minimum Gasteiger partial charge on any atom is -0.299 e. The quantitative estimate of drug-likeness (QED) is 0.546. The summed E-state index contributed by atoms with van der Waals surface area (Å²) in [4.78, 5) is 47.9. The van der Waals surface area contributed by atoms with Crippen LogP contribution in [0, 0.1) is 11.8 Å². The summed E-state index contributed by atoms with van der Waals surface area (Å²) in [5.74, 6) is -2.28. The summed E-state index contributed by atoms with van der Waals surface area (Å²) in [6.45, 7) is 6.58. The molecule has 22 heavy (non-hydrogen) atoms. The molecule has 0 N–H and O–H groups in total. The van der Waals surface area contributed by atoms with Gasteiger partial charge in [-0.15, -0.1) is 0 Å². The number of benzene rings is 1. The molecule has 0 saturated heterocycles. The first-order chi connectivity index (χ1) is 10.3. The van der Waals surface area contributed by atoms with Crippen LogP contribution in [0.15, 0.2) is 24.3 Å². The first-order valence-corrected chi connectivity index (χ1v) is 7.57. The molecule has 0 aliphatic carbocycles. The van der Waals surface area contributed by atoms with Crippen molar-refractivity contribution in [3.63, 3.8) is 0 Å². The fourth-order valence-corrected chi connectivity index (χ4v) is 2.23. The molecule has 0 amide bonds. The van der Waals surface area contributed by atoms with Gasteiger partial charge in [0.25, 0.3) is 0 Å². The summed E-state index contributed by atoms with van der Waals surface area (Å²) >= 11 is 0. The van der Waals surface area contributed by atoms with E-state index in [1.807, 2.05) is 0 Å². The number of hydrogen-bond acceptors (Lipinski definition) is 4. The minimum atomic E-state index is -0.718. The van der Waals surface area contributed by atoms with Crippen LogP contribution in [0.2, 0.25) is 0 Å². The molecule has 2 atom stereocenters. The zero-order chi connectivity index (χ0) is 16.9. The molecule has 1 rings (SSSR count). The second-order valence-corrected chi connectivity index (χ2v) is 5.39. The molecular formula is C18H22O4. The smallest absolute Gasteiger partial charge is 0.173 e. The largest absolute Gasteiger partial charge is 0.299 e. The lowest BCUT2D eigenvalue weighted by atomic mass is 9.90. The van der Waals surface area contributed by atoms with E-state index in [1.165, 1.54) is 6.07 Å². The van der Waals surface area contributed by atoms with Crippen molar-refractivity contribution in [2.45, 2.75) is 40.5 Å². The highest BCUT2D eigenvalue weighted by Gasteiger charge is 2.24. The minimum absolute atomic E-state index is 0.128. The van der Waals surface area contributed by atoms with E-state index < -0.39 is 11.8 Å². The van der Waals surface area contributed by atoms with E-state index in [0.717, 1.165) is 0 Å². The summed E-state index contributed by atoms with van der Waals surface area (Å²) in [6.07, 6.45) is 0.598. The molecule has 0 radical (unpaired) electrons. The molecule has 4 nitrogen and oxygen atoms in total. The summed E-state index contributed by atoms with van der Waals surface area (Å²) in [6, 6.07) is 6.26. The molecule has 0 fully saturated rings. The molecule has 0 aromatic heterocycles. The van der Waals surface area contributed by atoms with Gasteiger partial charge in [-0.05, 0) is 19.9 Å². The Balaban J connectivity index is 3.04. The van der Waals surface area contributed by atoms with Crippen LogP contribution in [-0.2, 0) is 9.59 Å². The van der Waals surface area contributed by atoms with Gasteiger partial charge >= 0.3 is 0 Å².